The van der Waals surface area contributed by atoms with Gasteiger partial charge in [0.1, 0.15) is 5.52 Å². The summed E-state index contributed by atoms with van der Waals surface area (Å²) >= 11 is 0. The molecule has 0 aliphatic carbocycles. The second-order valence-corrected chi connectivity index (χ2v) is 6.80. The largest absolute Gasteiger partial charge is 0.378 e. The van der Waals surface area contributed by atoms with Crippen LogP contribution in [0.2, 0.25) is 0 Å². The monoisotopic (exact) mass is 364 g/mol. The van der Waals surface area contributed by atoms with Crippen molar-refractivity contribution in [3.05, 3.63) is 42.7 Å². The lowest BCUT2D eigenvalue weighted by atomic mass is 10.1. The quantitative estimate of drug-likeness (QED) is 0.718. The lowest BCUT2D eigenvalue weighted by Gasteiger charge is -2.24. The number of aromatic nitrogens is 3. The molecular formula is C20H24N6O. The van der Waals surface area contributed by atoms with Gasteiger partial charge in [-0.05, 0) is 18.2 Å². The number of benzene rings is 1. The Morgan fingerprint density at radius 2 is 2.00 bits per heavy atom. The van der Waals surface area contributed by atoms with Gasteiger partial charge in [0.15, 0.2) is 5.82 Å². The van der Waals surface area contributed by atoms with Crippen LogP contribution >= 0.6 is 0 Å². The molecular weight excluding hydrogens is 340 g/mol. The van der Waals surface area contributed by atoms with Crippen LogP contribution in [0.4, 0.5) is 11.5 Å². The number of anilines is 2. The van der Waals surface area contributed by atoms with Gasteiger partial charge >= 0.3 is 0 Å². The average molecular weight is 364 g/mol. The first-order valence-corrected chi connectivity index (χ1v) is 9.16. The van der Waals surface area contributed by atoms with Crippen molar-refractivity contribution in [3.8, 4) is 11.3 Å². The Labute approximate surface area is 158 Å². The molecule has 0 spiro atoms. The number of nitrogens with zero attached hydrogens (tertiary/aromatic N) is 4. The number of hydrogen-bond donors (Lipinski definition) is 2. The lowest BCUT2D eigenvalue weighted by molar-refractivity contribution is 0.0372. The highest BCUT2D eigenvalue weighted by Gasteiger charge is 2.15. The van der Waals surface area contributed by atoms with Crippen LogP contribution < -0.4 is 15.5 Å². The fraction of sp³-hybridized carbons (Fsp3) is 0.350. The molecule has 1 aliphatic rings. The van der Waals surface area contributed by atoms with Gasteiger partial charge in [0.25, 0.3) is 0 Å². The summed E-state index contributed by atoms with van der Waals surface area (Å²) < 4.78 is 5.77. The lowest BCUT2D eigenvalue weighted by Crippen LogP contribution is -2.42. The second-order valence-electron chi connectivity index (χ2n) is 6.80. The summed E-state index contributed by atoms with van der Waals surface area (Å²) in [7, 11) is 4.06. The molecule has 2 aromatic heterocycles. The fourth-order valence-electron chi connectivity index (χ4n) is 3.13. The third-order valence-corrected chi connectivity index (χ3v) is 4.64. The maximum atomic E-state index is 5.77. The Balaban J connectivity index is 1.65. The first-order chi connectivity index (χ1) is 13.2. The zero-order valence-electron chi connectivity index (χ0n) is 15.6. The van der Waals surface area contributed by atoms with Crippen LogP contribution in [0.1, 0.15) is 0 Å². The van der Waals surface area contributed by atoms with Crippen LogP contribution in [0.25, 0.3) is 22.3 Å². The number of hydrogen-bond acceptors (Lipinski definition) is 7. The zero-order valence-corrected chi connectivity index (χ0v) is 15.6. The van der Waals surface area contributed by atoms with E-state index in [9.17, 15) is 0 Å². The van der Waals surface area contributed by atoms with E-state index in [1.165, 1.54) is 0 Å². The highest BCUT2D eigenvalue weighted by Crippen LogP contribution is 2.26. The third kappa shape index (κ3) is 3.99. The Hall–Kier alpha value is -2.77. The van der Waals surface area contributed by atoms with E-state index in [2.05, 4.69) is 49.8 Å². The van der Waals surface area contributed by atoms with Crippen LogP contribution in [0.5, 0.6) is 0 Å². The van der Waals surface area contributed by atoms with E-state index in [-0.39, 0.29) is 6.10 Å². The maximum Gasteiger partial charge on any atom is 0.154 e. The SMILES string of the molecule is CN(C)c1ccc(-c2cc3nccnc3c(NC[C@@H]3CNCCO3)n2)cc1. The zero-order chi connectivity index (χ0) is 18.6. The van der Waals surface area contributed by atoms with E-state index >= 15 is 0 Å². The second kappa shape index (κ2) is 7.85. The predicted molar refractivity (Wildman–Crippen MR) is 108 cm³/mol. The molecule has 1 aliphatic heterocycles. The van der Waals surface area contributed by atoms with E-state index in [1.807, 2.05) is 20.2 Å². The molecule has 4 rings (SSSR count). The van der Waals surface area contributed by atoms with Gasteiger partial charge in [-0.15, -0.1) is 0 Å². The first-order valence-electron chi connectivity index (χ1n) is 9.16. The molecule has 0 bridgehead atoms. The van der Waals surface area contributed by atoms with E-state index in [0.29, 0.717) is 6.54 Å². The summed E-state index contributed by atoms with van der Waals surface area (Å²) in [5.74, 6) is 0.737. The molecule has 0 amide bonds. The van der Waals surface area contributed by atoms with Gasteiger partial charge in [0.05, 0.1) is 23.9 Å². The van der Waals surface area contributed by atoms with Crippen molar-refractivity contribution in [2.24, 2.45) is 0 Å². The normalized spacial score (nSPS) is 17.0. The minimum atomic E-state index is 0.121. The molecule has 0 radical (unpaired) electrons. The minimum Gasteiger partial charge on any atom is -0.378 e. The van der Waals surface area contributed by atoms with Gasteiger partial charge in [0, 0.05) is 57.4 Å². The minimum absolute atomic E-state index is 0.121. The third-order valence-electron chi connectivity index (χ3n) is 4.64. The maximum absolute atomic E-state index is 5.77. The van der Waals surface area contributed by atoms with Crippen molar-refractivity contribution in [1.29, 1.82) is 0 Å². The fourth-order valence-corrected chi connectivity index (χ4v) is 3.13. The smallest absolute Gasteiger partial charge is 0.154 e. The molecule has 1 atom stereocenters. The molecule has 0 saturated carbocycles. The van der Waals surface area contributed by atoms with Crippen LogP contribution in [0.15, 0.2) is 42.7 Å². The van der Waals surface area contributed by atoms with Crippen LogP contribution in [0.3, 0.4) is 0 Å². The topological polar surface area (TPSA) is 75.2 Å². The van der Waals surface area contributed by atoms with Crippen molar-refractivity contribution >= 4 is 22.5 Å². The molecule has 7 nitrogen and oxygen atoms in total. The molecule has 1 saturated heterocycles. The van der Waals surface area contributed by atoms with Gasteiger partial charge in [0.2, 0.25) is 0 Å². The van der Waals surface area contributed by atoms with E-state index in [0.717, 1.165) is 53.5 Å². The molecule has 7 heteroatoms. The van der Waals surface area contributed by atoms with E-state index < -0.39 is 0 Å². The average Bonchev–Trinajstić information content (AvgIpc) is 2.72. The van der Waals surface area contributed by atoms with Crippen LogP contribution in [-0.4, -0.2) is 61.4 Å². The summed E-state index contributed by atoms with van der Waals surface area (Å²) in [5, 5.41) is 6.75. The molecule has 27 heavy (non-hydrogen) atoms. The van der Waals surface area contributed by atoms with Gasteiger partial charge < -0.3 is 20.3 Å². The van der Waals surface area contributed by atoms with Gasteiger partial charge in [-0.2, -0.15) is 0 Å². The van der Waals surface area contributed by atoms with Crippen molar-refractivity contribution < 1.29 is 4.74 Å². The summed E-state index contributed by atoms with van der Waals surface area (Å²) in [5.41, 5.74) is 4.67. The van der Waals surface area contributed by atoms with Gasteiger partial charge in [-0.25, -0.2) is 9.97 Å². The summed E-state index contributed by atoms with van der Waals surface area (Å²) in [4.78, 5) is 15.8. The first kappa shape index (κ1) is 17.6. The highest BCUT2D eigenvalue weighted by molar-refractivity contribution is 5.88. The molecule has 3 heterocycles. The number of ether oxygens (including phenoxy) is 1. The number of nitrogens with one attached hydrogen (secondary N) is 2. The molecule has 0 unspecified atom stereocenters. The number of fused-ring (bicyclic) bond motifs is 1. The molecule has 3 aromatic rings. The van der Waals surface area contributed by atoms with Crippen molar-refractivity contribution in [2.45, 2.75) is 6.10 Å². The molecule has 2 N–H and O–H groups in total. The Bertz CT molecular complexity index is 906. The van der Waals surface area contributed by atoms with Crippen molar-refractivity contribution in [2.75, 3.05) is 50.6 Å². The van der Waals surface area contributed by atoms with Crippen molar-refractivity contribution in [3.63, 3.8) is 0 Å². The summed E-state index contributed by atoms with van der Waals surface area (Å²) in [6.07, 6.45) is 3.52. The summed E-state index contributed by atoms with van der Waals surface area (Å²) in [6.45, 7) is 3.15. The molecule has 140 valence electrons. The Morgan fingerprint density at radius 1 is 1.19 bits per heavy atom. The van der Waals surface area contributed by atoms with Crippen LogP contribution in [0, 0.1) is 0 Å². The van der Waals surface area contributed by atoms with Gasteiger partial charge in [-0.3, -0.25) is 4.98 Å². The standard InChI is InChI=1S/C20H24N6O/c1-26(2)15-5-3-14(4-6-15)17-11-18-19(23-8-7-22-18)20(25-17)24-13-16-12-21-9-10-27-16/h3-8,11,16,21H,9-10,12-13H2,1-2H3,(H,24,25)/t16-/m0/s1. The number of morpholine rings is 1. The number of pyridine rings is 1. The molecule has 1 aromatic carbocycles. The van der Waals surface area contributed by atoms with Crippen LogP contribution in [-0.2, 0) is 4.74 Å². The van der Waals surface area contributed by atoms with E-state index in [1.54, 1.807) is 12.4 Å². The Kier molecular flexibility index (Phi) is 5.13. The van der Waals surface area contributed by atoms with E-state index in [4.69, 9.17) is 9.72 Å². The summed E-state index contributed by atoms with van der Waals surface area (Å²) in [6, 6.07) is 10.3. The molecule has 1 fully saturated rings. The van der Waals surface area contributed by atoms with Crippen molar-refractivity contribution in [1.82, 2.24) is 20.3 Å². The van der Waals surface area contributed by atoms with Gasteiger partial charge in [-0.1, -0.05) is 12.1 Å². The Morgan fingerprint density at radius 3 is 2.74 bits per heavy atom. The highest BCUT2D eigenvalue weighted by atomic mass is 16.5. The predicted octanol–water partition coefficient (Wildman–Crippen LogP) is 2.16. The number of rotatable bonds is 5.